The van der Waals surface area contributed by atoms with E-state index in [9.17, 15) is 9.59 Å². The van der Waals surface area contributed by atoms with Gasteiger partial charge in [-0.25, -0.2) is 9.59 Å². The van der Waals surface area contributed by atoms with E-state index in [1.54, 1.807) is 38.5 Å². The molecule has 0 radical (unpaired) electrons. The zero-order chi connectivity index (χ0) is 21.3. The van der Waals surface area contributed by atoms with Gasteiger partial charge in [-0.3, -0.25) is 0 Å². The Morgan fingerprint density at radius 1 is 0.897 bits per heavy atom. The van der Waals surface area contributed by atoms with E-state index in [4.69, 9.17) is 28.8 Å². The van der Waals surface area contributed by atoms with Crippen LogP contribution in [-0.4, -0.2) is 84.2 Å². The summed E-state index contributed by atoms with van der Waals surface area (Å²) < 4.78 is 25.5. The highest BCUT2D eigenvalue weighted by Gasteiger charge is 2.24. The van der Waals surface area contributed by atoms with Crippen molar-refractivity contribution < 1.29 is 38.4 Å². The summed E-state index contributed by atoms with van der Waals surface area (Å²) in [5, 5.41) is 14.3. The molecule has 0 aliphatic rings. The first-order chi connectivity index (χ1) is 14.1. The fourth-order valence-electron chi connectivity index (χ4n) is 2.24. The van der Waals surface area contributed by atoms with Crippen LogP contribution < -0.4 is 10.6 Å². The van der Waals surface area contributed by atoms with E-state index in [1.807, 2.05) is 0 Å². The lowest BCUT2D eigenvalue weighted by atomic mass is 10.1. The lowest BCUT2D eigenvalue weighted by Gasteiger charge is -2.17. The SMILES string of the molecule is COCCNc1ccc([C@H](NC(=O)O)C(=O)OCCOCCOCCOC)cc1. The molecule has 1 amide bonds. The molecule has 3 N–H and O–H groups in total. The van der Waals surface area contributed by atoms with Gasteiger partial charge in [0.05, 0.1) is 39.6 Å². The molecule has 0 aliphatic heterocycles. The molecule has 164 valence electrons. The van der Waals surface area contributed by atoms with Gasteiger partial charge in [0.25, 0.3) is 0 Å². The molecule has 0 bridgehead atoms. The maximum atomic E-state index is 12.3. The minimum Gasteiger partial charge on any atom is -0.465 e. The summed E-state index contributed by atoms with van der Waals surface area (Å²) in [4.78, 5) is 23.4. The second-order valence-corrected chi connectivity index (χ2v) is 5.81. The molecule has 10 nitrogen and oxygen atoms in total. The van der Waals surface area contributed by atoms with Crippen LogP contribution in [0.5, 0.6) is 0 Å². The zero-order valence-electron chi connectivity index (χ0n) is 16.8. The molecule has 0 saturated carbocycles. The fourth-order valence-corrected chi connectivity index (χ4v) is 2.24. The van der Waals surface area contributed by atoms with E-state index < -0.39 is 18.1 Å². The maximum Gasteiger partial charge on any atom is 0.405 e. The lowest BCUT2D eigenvalue weighted by Crippen LogP contribution is -2.34. The number of rotatable bonds is 16. The van der Waals surface area contributed by atoms with Crippen molar-refractivity contribution in [3.8, 4) is 0 Å². The second kappa shape index (κ2) is 15.5. The maximum absolute atomic E-state index is 12.3. The largest absolute Gasteiger partial charge is 0.465 e. The molecular formula is C19H30N2O8. The number of carbonyl (C=O) groups is 2. The molecule has 29 heavy (non-hydrogen) atoms. The average Bonchev–Trinajstić information content (AvgIpc) is 2.71. The summed E-state index contributed by atoms with van der Waals surface area (Å²) >= 11 is 0. The average molecular weight is 414 g/mol. The summed E-state index contributed by atoms with van der Waals surface area (Å²) in [5.74, 6) is -0.701. The number of hydrogen-bond acceptors (Lipinski definition) is 8. The number of carbonyl (C=O) groups excluding carboxylic acids is 1. The van der Waals surface area contributed by atoms with Crippen LogP contribution in [0.25, 0.3) is 0 Å². The summed E-state index contributed by atoms with van der Waals surface area (Å²) in [5.41, 5.74) is 1.30. The predicted octanol–water partition coefficient (Wildman–Crippen LogP) is 1.28. The summed E-state index contributed by atoms with van der Waals surface area (Å²) in [7, 11) is 3.20. The van der Waals surface area contributed by atoms with Crippen LogP contribution in [-0.2, 0) is 28.5 Å². The first-order valence-electron chi connectivity index (χ1n) is 9.21. The first kappa shape index (κ1) is 24.6. The quantitative estimate of drug-likeness (QED) is 0.271. The number of benzene rings is 1. The number of hydrogen-bond donors (Lipinski definition) is 3. The van der Waals surface area contributed by atoms with Crippen molar-refractivity contribution in [2.45, 2.75) is 6.04 Å². The Morgan fingerprint density at radius 3 is 2.07 bits per heavy atom. The van der Waals surface area contributed by atoms with Gasteiger partial charge in [0.2, 0.25) is 0 Å². The van der Waals surface area contributed by atoms with Gasteiger partial charge in [0.1, 0.15) is 6.61 Å². The topological polar surface area (TPSA) is 125 Å². The lowest BCUT2D eigenvalue weighted by molar-refractivity contribution is -0.148. The van der Waals surface area contributed by atoms with Gasteiger partial charge in [-0.15, -0.1) is 0 Å². The molecule has 1 aromatic carbocycles. The van der Waals surface area contributed by atoms with Gasteiger partial charge in [0.15, 0.2) is 6.04 Å². The van der Waals surface area contributed by atoms with Gasteiger partial charge in [-0.1, -0.05) is 12.1 Å². The van der Waals surface area contributed by atoms with Crippen LogP contribution in [0.3, 0.4) is 0 Å². The van der Waals surface area contributed by atoms with E-state index in [0.29, 0.717) is 45.1 Å². The predicted molar refractivity (Wildman–Crippen MR) is 105 cm³/mol. The van der Waals surface area contributed by atoms with Crippen molar-refractivity contribution in [1.29, 1.82) is 0 Å². The summed E-state index contributed by atoms with van der Waals surface area (Å²) in [6.07, 6.45) is -1.32. The number of amides is 1. The van der Waals surface area contributed by atoms with Gasteiger partial charge >= 0.3 is 12.1 Å². The molecule has 0 unspecified atom stereocenters. The van der Waals surface area contributed by atoms with Crippen LogP contribution in [0.4, 0.5) is 10.5 Å². The van der Waals surface area contributed by atoms with Gasteiger partial charge in [-0.05, 0) is 17.7 Å². The number of nitrogens with one attached hydrogen (secondary N) is 2. The van der Waals surface area contributed by atoms with Crippen LogP contribution in [0, 0.1) is 0 Å². The van der Waals surface area contributed by atoms with Crippen molar-refractivity contribution in [2.75, 3.05) is 72.3 Å². The van der Waals surface area contributed by atoms with E-state index in [2.05, 4.69) is 10.6 Å². The number of methoxy groups -OCH3 is 2. The van der Waals surface area contributed by atoms with Crippen molar-refractivity contribution in [3.05, 3.63) is 29.8 Å². The Kier molecular flexibility index (Phi) is 13.2. The highest BCUT2D eigenvalue weighted by molar-refractivity contribution is 5.82. The minimum atomic E-state index is -1.32. The van der Waals surface area contributed by atoms with Crippen molar-refractivity contribution >= 4 is 17.7 Å². The monoisotopic (exact) mass is 414 g/mol. The molecule has 0 aromatic heterocycles. The summed E-state index contributed by atoms with van der Waals surface area (Å²) in [6.45, 7) is 3.14. The molecule has 10 heteroatoms. The third kappa shape index (κ3) is 11.3. The Labute approximate surface area is 170 Å². The van der Waals surface area contributed by atoms with E-state index in [1.165, 1.54) is 0 Å². The molecule has 1 atom stereocenters. The van der Waals surface area contributed by atoms with E-state index in [-0.39, 0.29) is 13.2 Å². The molecule has 0 fully saturated rings. The van der Waals surface area contributed by atoms with Crippen molar-refractivity contribution in [1.82, 2.24) is 5.32 Å². The van der Waals surface area contributed by atoms with E-state index >= 15 is 0 Å². The molecule has 0 heterocycles. The number of ether oxygens (including phenoxy) is 5. The van der Waals surface area contributed by atoms with Crippen LogP contribution in [0.2, 0.25) is 0 Å². The Morgan fingerprint density at radius 2 is 1.48 bits per heavy atom. The fraction of sp³-hybridized carbons (Fsp3) is 0.579. The Balaban J connectivity index is 2.43. The first-order valence-corrected chi connectivity index (χ1v) is 9.21. The van der Waals surface area contributed by atoms with Crippen molar-refractivity contribution in [3.63, 3.8) is 0 Å². The normalized spacial score (nSPS) is 11.7. The highest BCUT2D eigenvalue weighted by Crippen LogP contribution is 2.18. The van der Waals surface area contributed by atoms with Crippen molar-refractivity contribution in [2.24, 2.45) is 0 Å². The third-order valence-electron chi connectivity index (χ3n) is 3.66. The Bertz CT molecular complexity index is 582. The zero-order valence-corrected chi connectivity index (χ0v) is 16.8. The second-order valence-electron chi connectivity index (χ2n) is 5.81. The third-order valence-corrected chi connectivity index (χ3v) is 3.66. The molecule has 0 saturated heterocycles. The van der Waals surface area contributed by atoms with Gasteiger partial charge in [-0.2, -0.15) is 0 Å². The minimum absolute atomic E-state index is 0.00532. The molecule has 1 rings (SSSR count). The molecular weight excluding hydrogens is 384 g/mol. The van der Waals surface area contributed by atoms with Crippen LogP contribution in [0.1, 0.15) is 11.6 Å². The molecule has 0 aliphatic carbocycles. The smallest absolute Gasteiger partial charge is 0.405 e. The molecule has 1 aromatic rings. The number of esters is 1. The van der Waals surface area contributed by atoms with E-state index in [0.717, 1.165) is 5.69 Å². The summed E-state index contributed by atoms with van der Waals surface area (Å²) in [6, 6.07) is 5.69. The van der Waals surface area contributed by atoms with Crippen LogP contribution >= 0.6 is 0 Å². The Hall–Kier alpha value is -2.40. The standard InChI is InChI=1S/C19H30N2O8/c1-25-8-7-20-16-5-3-15(4-6-16)17(21-19(23)24)18(22)29-14-13-28-12-11-27-10-9-26-2/h3-6,17,20-21H,7-14H2,1-2H3,(H,23,24)/t17-/m0/s1. The number of carboxylic acid groups (broad SMARTS) is 1. The highest BCUT2D eigenvalue weighted by atomic mass is 16.6. The molecule has 0 spiro atoms. The van der Waals surface area contributed by atoms with Gasteiger partial charge < -0.3 is 39.4 Å². The van der Waals surface area contributed by atoms with Gasteiger partial charge in [0, 0.05) is 26.5 Å². The number of anilines is 1. The van der Waals surface area contributed by atoms with Crippen LogP contribution in [0.15, 0.2) is 24.3 Å².